The zero-order valence-corrected chi connectivity index (χ0v) is 12.8. The van der Waals surface area contributed by atoms with Crippen molar-refractivity contribution in [3.63, 3.8) is 0 Å². The SMILES string of the molecule is COc1ccccc1Cl.COc1ccccc1SC. The molecule has 0 unspecified atom stereocenters. The summed E-state index contributed by atoms with van der Waals surface area (Å²) in [4.78, 5) is 1.19. The second-order valence-electron chi connectivity index (χ2n) is 3.49. The number of rotatable bonds is 3. The molecular formula is C15H17ClO2S. The number of para-hydroxylation sites is 2. The molecule has 0 bridgehead atoms. The summed E-state index contributed by atoms with van der Waals surface area (Å²) in [6.07, 6.45) is 2.04. The first kappa shape index (κ1) is 15.7. The molecule has 0 heterocycles. The first-order chi connectivity index (χ1) is 9.22. The monoisotopic (exact) mass is 296 g/mol. The number of hydrogen-bond donors (Lipinski definition) is 0. The standard InChI is InChI=1S/C8H10OS.C7H7ClO/c1-9-7-5-3-4-6-8(7)10-2;1-9-7-5-3-2-4-6(7)8/h3-6H,1-2H3;2-5H,1H3. The van der Waals surface area contributed by atoms with Crippen LogP contribution in [0.5, 0.6) is 11.5 Å². The highest BCUT2D eigenvalue weighted by Gasteiger charge is 1.96. The fourth-order valence-corrected chi connectivity index (χ4v) is 2.18. The molecule has 0 saturated carbocycles. The fraction of sp³-hybridized carbons (Fsp3) is 0.200. The zero-order chi connectivity index (χ0) is 14.1. The summed E-state index contributed by atoms with van der Waals surface area (Å²) in [7, 11) is 3.29. The molecule has 2 aromatic rings. The van der Waals surface area contributed by atoms with E-state index in [1.807, 2.05) is 48.7 Å². The molecule has 0 saturated heterocycles. The summed E-state index contributed by atoms with van der Waals surface area (Å²) in [5.74, 6) is 1.68. The highest BCUT2D eigenvalue weighted by Crippen LogP contribution is 2.26. The molecule has 102 valence electrons. The molecule has 2 nitrogen and oxygen atoms in total. The molecule has 4 heteroatoms. The molecular weight excluding hydrogens is 280 g/mol. The largest absolute Gasteiger partial charge is 0.496 e. The van der Waals surface area contributed by atoms with Crippen LogP contribution in [0.15, 0.2) is 53.4 Å². The average Bonchev–Trinajstić information content (AvgIpc) is 2.48. The Labute approximate surface area is 123 Å². The van der Waals surface area contributed by atoms with Crippen LogP contribution in [-0.4, -0.2) is 20.5 Å². The van der Waals surface area contributed by atoms with Gasteiger partial charge in [-0.15, -0.1) is 11.8 Å². The van der Waals surface area contributed by atoms with E-state index in [0.29, 0.717) is 5.02 Å². The van der Waals surface area contributed by atoms with Crippen LogP contribution < -0.4 is 9.47 Å². The van der Waals surface area contributed by atoms with Crippen molar-refractivity contribution in [2.75, 3.05) is 20.5 Å². The molecule has 0 radical (unpaired) electrons. The Morgan fingerprint density at radius 1 is 0.842 bits per heavy atom. The van der Waals surface area contributed by atoms with Crippen molar-refractivity contribution in [1.82, 2.24) is 0 Å². The van der Waals surface area contributed by atoms with Gasteiger partial charge in [0.1, 0.15) is 11.5 Å². The van der Waals surface area contributed by atoms with Crippen LogP contribution in [0.2, 0.25) is 5.02 Å². The van der Waals surface area contributed by atoms with Crippen LogP contribution in [0.25, 0.3) is 0 Å². The van der Waals surface area contributed by atoms with E-state index < -0.39 is 0 Å². The van der Waals surface area contributed by atoms with Crippen LogP contribution in [0.4, 0.5) is 0 Å². The molecule has 0 spiro atoms. The number of benzene rings is 2. The summed E-state index contributed by atoms with van der Waals surface area (Å²) in [6, 6.07) is 15.3. The first-order valence-electron chi connectivity index (χ1n) is 5.68. The third-order valence-electron chi connectivity index (χ3n) is 2.35. The third-order valence-corrected chi connectivity index (χ3v) is 3.43. The minimum atomic E-state index is 0.653. The molecule has 19 heavy (non-hydrogen) atoms. The number of thioether (sulfide) groups is 1. The van der Waals surface area contributed by atoms with E-state index in [0.717, 1.165) is 11.5 Å². The van der Waals surface area contributed by atoms with Crippen molar-refractivity contribution in [3.8, 4) is 11.5 Å². The van der Waals surface area contributed by atoms with Gasteiger partial charge in [-0.25, -0.2) is 0 Å². The molecule has 0 aliphatic heterocycles. The van der Waals surface area contributed by atoms with Crippen molar-refractivity contribution in [1.29, 1.82) is 0 Å². The smallest absolute Gasteiger partial charge is 0.137 e. The maximum atomic E-state index is 5.70. The topological polar surface area (TPSA) is 18.5 Å². The lowest BCUT2D eigenvalue weighted by Crippen LogP contribution is -1.83. The molecule has 0 amide bonds. The molecule has 0 aliphatic rings. The Bertz CT molecular complexity index is 480. The minimum absolute atomic E-state index is 0.653. The Balaban J connectivity index is 0.000000191. The van der Waals surface area contributed by atoms with Gasteiger partial charge in [-0.2, -0.15) is 0 Å². The Kier molecular flexibility index (Phi) is 7.23. The summed E-state index contributed by atoms with van der Waals surface area (Å²) in [5, 5.41) is 0.653. The second-order valence-corrected chi connectivity index (χ2v) is 4.74. The molecule has 0 fully saturated rings. The van der Waals surface area contributed by atoms with Crippen LogP contribution >= 0.6 is 23.4 Å². The molecule has 0 aliphatic carbocycles. The molecule has 0 N–H and O–H groups in total. The summed E-state index contributed by atoms with van der Waals surface area (Å²) < 4.78 is 10.0. The lowest BCUT2D eigenvalue weighted by molar-refractivity contribution is 0.405. The highest BCUT2D eigenvalue weighted by molar-refractivity contribution is 7.98. The van der Waals surface area contributed by atoms with Gasteiger partial charge in [0.2, 0.25) is 0 Å². The Morgan fingerprint density at radius 2 is 1.37 bits per heavy atom. The van der Waals surface area contributed by atoms with Gasteiger partial charge in [0.25, 0.3) is 0 Å². The number of hydrogen-bond acceptors (Lipinski definition) is 3. The van der Waals surface area contributed by atoms with E-state index in [4.69, 9.17) is 21.1 Å². The predicted molar refractivity (Wildman–Crippen MR) is 82.8 cm³/mol. The first-order valence-corrected chi connectivity index (χ1v) is 7.28. The van der Waals surface area contributed by atoms with Gasteiger partial charge in [-0.3, -0.25) is 0 Å². The molecule has 0 atom stereocenters. The van der Waals surface area contributed by atoms with Gasteiger partial charge in [-0.05, 0) is 30.5 Å². The van der Waals surface area contributed by atoms with Gasteiger partial charge < -0.3 is 9.47 Å². The van der Waals surface area contributed by atoms with Crippen molar-refractivity contribution in [2.45, 2.75) is 4.90 Å². The quantitative estimate of drug-likeness (QED) is 0.760. The lowest BCUT2D eigenvalue weighted by Gasteiger charge is -2.03. The Morgan fingerprint density at radius 3 is 1.79 bits per heavy atom. The average molecular weight is 297 g/mol. The van der Waals surface area contributed by atoms with E-state index in [1.54, 1.807) is 32.0 Å². The second kappa shape index (κ2) is 8.73. The van der Waals surface area contributed by atoms with E-state index in [-0.39, 0.29) is 0 Å². The van der Waals surface area contributed by atoms with Crippen molar-refractivity contribution in [2.24, 2.45) is 0 Å². The number of halogens is 1. The predicted octanol–water partition coefficient (Wildman–Crippen LogP) is 4.77. The maximum absolute atomic E-state index is 5.70. The van der Waals surface area contributed by atoms with Crippen molar-refractivity contribution in [3.05, 3.63) is 53.6 Å². The molecule has 0 aromatic heterocycles. The van der Waals surface area contributed by atoms with Gasteiger partial charge in [0.15, 0.2) is 0 Å². The van der Waals surface area contributed by atoms with Crippen LogP contribution in [-0.2, 0) is 0 Å². The third kappa shape index (κ3) is 5.05. The normalized spacial score (nSPS) is 9.26. The fourth-order valence-electron chi connectivity index (χ4n) is 1.40. The number of methoxy groups -OCH3 is 2. The van der Waals surface area contributed by atoms with Crippen LogP contribution in [0.1, 0.15) is 0 Å². The van der Waals surface area contributed by atoms with Gasteiger partial charge in [0.05, 0.1) is 19.2 Å². The summed E-state index contributed by atoms with van der Waals surface area (Å²) >= 11 is 7.39. The van der Waals surface area contributed by atoms with Crippen molar-refractivity contribution < 1.29 is 9.47 Å². The maximum Gasteiger partial charge on any atom is 0.137 e. The van der Waals surface area contributed by atoms with Gasteiger partial charge >= 0.3 is 0 Å². The molecule has 2 aromatic carbocycles. The van der Waals surface area contributed by atoms with E-state index in [9.17, 15) is 0 Å². The van der Waals surface area contributed by atoms with E-state index in [1.165, 1.54) is 4.90 Å². The van der Waals surface area contributed by atoms with E-state index in [2.05, 4.69) is 0 Å². The van der Waals surface area contributed by atoms with Crippen LogP contribution in [0.3, 0.4) is 0 Å². The zero-order valence-electron chi connectivity index (χ0n) is 11.2. The van der Waals surface area contributed by atoms with Crippen LogP contribution in [0, 0.1) is 0 Å². The number of ether oxygens (including phenoxy) is 2. The minimum Gasteiger partial charge on any atom is -0.496 e. The summed E-state index contributed by atoms with van der Waals surface area (Å²) in [5.41, 5.74) is 0. The van der Waals surface area contributed by atoms with E-state index >= 15 is 0 Å². The highest BCUT2D eigenvalue weighted by atomic mass is 35.5. The summed E-state index contributed by atoms with van der Waals surface area (Å²) in [6.45, 7) is 0. The van der Waals surface area contributed by atoms with Gasteiger partial charge in [0, 0.05) is 4.90 Å². The van der Waals surface area contributed by atoms with Gasteiger partial charge in [-0.1, -0.05) is 35.9 Å². The lowest BCUT2D eigenvalue weighted by atomic mass is 10.3. The molecule has 2 rings (SSSR count). The van der Waals surface area contributed by atoms with Crippen molar-refractivity contribution >= 4 is 23.4 Å². The Hall–Kier alpha value is -1.32.